The van der Waals surface area contributed by atoms with E-state index in [1.807, 2.05) is 13.8 Å². The molecular weight excluding hydrogens is 124 g/mol. The average molecular weight is 138 g/mol. The maximum atomic E-state index is 10.9. The second-order valence-corrected chi connectivity index (χ2v) is 2.49. The molecule has 0 saturated heterocycles. The minimum atomic E-state index is 0.0411. The molecule has 0 aliphatic carbocycles. The third-order valence-electron chi connectivity index (χ3n) is 1.36. The zero-order valence-corrected chi connectivity index (χ0v) is 6.90. The molecule has 0 N–H and O–H groups in total. The topological polar surface area (TPSA) is 17.1 Å². The van der Waals surface area contributed by atoms with Crippen LogP contribution in [0, 0.1) is 0 Å². The van der Waals surface area contributed by atoms with Gasteiger partial charge in [0.25, 0.3) is 0 Å². The summed E-state index contributed by atoms with van der Waals surface area (Å²) in [6.45, 7) is 9.24. The van der Waals surface area contributed by atoms with Crippen molar-refractivity contribution in [2.75, 3.05) is 0 Å². The van der Waals surface area contributed by atoms with E-state index in [4.69, 9.17) is 0 Å². The molecule has 0 rings (SSSR count). The average Bonchev–Trinajstić information content (AvgIpc) is 1.87. The molecule has 0 atom stereocenters. The third kappa shape index (κ3) is 3.23. The van der Waals surface area contributed by atoms with Crippen LogP contribution >= 0.6 is 0 Å². The lowest BCUT2D eigenvalue weighted by Gasteiger charge is -1.93. The molecule has 1 nitrogen and oxygen atoms in total. The summed E-state index contributed by atoms with van der Waals surface area (Å²) in [5, 5.41) is 0. The molecule has 56 valence electrons. The van der Waals surface area contributed by atoms with Crippen LogP contribution in [0.3, 0.4) is 0 Å². The third-order valence-corrected chi connectivity index (χ3v) is 1.36. The van der Waals surface area contributed by atoms with Gasteiger partial charge >= 0.3 is 0 Å². The Bertz CT molecular complexity index is 175. The van der Waals surface area contributed by atoms with Gasteiger partial charge in [-0.1, -0.05) is 19.1 Å². The van der Waals surface area contributed by atoms with Gasteiger partial charge in [-0.25, -0.2) is 0 Å². The van der Waals surface area contributed by atoms with Crippen LogP contribution in [0.4, 0.5) is 0 Å². The van der Waals surface area contributed by atoms with E-state index >= 15 is 0 Å². The van der Waals surface area contributed by atoms with Crippen LogP contribution in [0.5, 0.6) is 0 Å². The summed E-state index contributed by atoms with van der Waals surface area (Å²) in [5.74, 6) is 0.0411. The second-order valence-electron chi connectivity index (χ2n) is 2.49. The van der Waals surface area contributed by atoms with Gasteiger partial charge in [0.05, 0.1) is 0 Å². The van der Waals surface area contributed by atoms with Gasteiger partial charge in [0.2, 0.25) is 0 Å². The summed E-state index contributed by atoms with van der Waals surface area (Å²) < 4.78 is 0. The predicted octanol–water partition coefficient (Wildman–Crippen LogP) is 2.49. The molecule has 0 aromatic carbocycles. The van der Waals surface area contributed by atoms with Crippen molar-refractivity contribution in [3.8, 4) is 0 Å². The van der Waals surface area contributed by atoms with Gasteiger partial charge < -0.3 is 0 Å². The number of carbonyl (C=O) groups is 1. The van der Waals surface area contributed by atoms with Crippen molar-refractivity contribution in [2.45, 2.75) is 27.2 Å². The fourth-order valence-electron chi connectivity index (χ4n) is 0.449. The van der Waals surface area contributed by atoms with Gasteiger partial charge in [-0.3, -0.25) is 4.79 Å². The van der Waals surface area contributed by atoms with Gasteiger partial charge in [0.1, 0.15) is 0 Å². The van der Waals surface area contributed by atoms with Crippen LogP contribution in [-0.2, 0) is 4.79 Å². The molecule has 0 heterocycles. The molecule has 0 saturated carbocycles. The molecule has 0 radical (unpaired) electrons. The lowest BCUT2D eigenvalue weighted by atomic mass is 10.1. The molecule has 0 unspecified atom stereocenters. The van der Waals surface area contributed by atoms with Gasteiger partial charge in [-0.05, 0) is 31.9 Å². The molecule has 0 aromatic heterocycles. The highest BCUT2D eigenvalue weighted by Gasteiger charge is 1.96. The fourth-order valence-corrected chi connectivity index (χ4v) is 0.449. The molecule has 0 fully saturated rings. The first kappa shape index (κ1) is 9.15. The van der Waals surface area contributed by atoms with E-state index in [-0.39, 0.29) is 5.78 Å². The molecule has 0 spiro atoms. The summed E-state index contributed by atoms with van der Waals surface area (Å²) in [7, 11) is 0. The monoisotopic (exact) mass is 138 g/mol. The Morgan fingerprint density at radius 2 is 2.00 bits per heavy atom. The fraction of sp³-hybridized carbons (Fsp3) is 0.444. The van der Waals surface area contributed by atoms with E-state index in [2.05, 4.69) is 6.58 Å². The first-order chi connectivity index (χ1) is 4.57. The van der Waals surface area contributed by atoms with Crippen molar-refractivity contribution in [1.82, 2.24) is 0 Å². The first-order valence-corrected chi connectivity index (χ1v) is 3.45. The molecule has 0 aromatic rings. The second kappa shape index (κ2) is 4.04. The molecule has 10 heavy (non-hydrogen) atoms. The predicted molar refractivity (Wildman–Crippen MR) is 43.9 cm³/mol. The van der Waals surface area contributed by atoms with E-state index in [1.54, 1.807) is 13.0 Å². The Hall–Kier alpha value is -0.850. The minimum Gasteiger partial charge on any atom is -0.290 e. The smallest absolute Gasteiger partial charge is 0.180 e. The van der Waals surface area contributed by atoms with Crippen molar-refractivity contribution < 1.29 is 4.79 Å². The summed E-state index contributed by atoms with van der Waals surface area (Å²) in [6.07, 6.45) is 2.57. The normalized spacial score (nSPS) is 11.3. The largest absolute Gasteiger partial charge is 0.290 e. The Labute approximate surface area is 62.4 Å². The van der Waals surface area contributed by atoms with Crippen molar-refractivity contribution in [1.29, 1.82) is 0 Å². The highest BCUT2D eigenvalue weighted by atomic mass is 16.1. The van der Waals surface area contributed by atoms with Crippen LogP contribution in [0.2, 0.25) is 0 Å². The highest BCUT2D eigenvalue weighted by molar-refractivity contribution is 6.03. The number of carbonyl (C=O) groups excluding carboxylic acids is 1. The summed E-state index contributed by atoms with van der Waals surface area (Å²) in [4.78, 5) is 10.9. The lowest BCUT2D eigenvalue weighted by Crippen LogP contribution is -1.93. The van der Waals surface area contributed by atoms with Gasteiger partial charge in [0.15, 0.2) is 5.78 Å². The molecule has 0 amide bonds. The van der Waals surface area contributed by atoms with Crippen molar-refractivity contribution in [3.63, 3.8) is 0 Å². The Morgan fingerprint density at radius 3 is 2.30 bits per heavy atom. The maximum Gasteiger partial charge on any atom is 0.180 e. The standard InChI is InChI=1S/C9H14O/c1-5-8(4)6-9(10)7(2)3/h6H,2,5H2,1,3-4H3/b8-6-. The summed E-state index contributed by atoms with van der Waals surface area (Å²) >= 11 is 0. The maximum absolute atomic E-state index is 10.9. The number of allylic oxidation sites excluding steroid dienone is 3. The molecule has 0 aliphatic rings. The van der Waals surface area contributed by atoms with Gasteiger partial charge in [0, 0.05) is 0 Å². The Balaban J connectivity index is 4.13. The minimum absolute atomic E-state index is 0.0411. The van der Waals surface area contributed by atoms with E-state index in [9.17, 15) is 4.79 Å². The van der Waals surface area contributed by atoms with Crippen LogP contribution in [0.15, 0.2) is 23.8 Å². The molecule has 0 bridgehead atoms. The van der Waals surface area contributed by atoms with E-state index < -0.39 is 0 Å². The van der Waals surface area contributed by atoms with E-state index in [0.717, 1.165) is 12.0 Å². The molecular formula is C9H14O. The van der Waals surface area contributed by atoms with Crippen LogP contribution < -0.4 is 0 Å². The lowest BCUT2D eigenvalue weighted by molar-refractivity contribution is -0.111. The zero-order chi connectivity index (χ0) is 8.15. The highest BCUT2D eigenvalue weighted by Crippen LogP contribution is 2.00. The van der Waals surface area contributed by atoms with Gasteiger partial charge in [-0.2, -0.15) is 0 Å². The quantitative estimate of drug-likeness (QED) is 0.547. The van der Waals surface area contributed by atoms with Crippen molar-refractivity contribution in [3.05, 3.63) is 23.8 Å². The Morgan fingerprint density at radius 1 is 1.50 bits per heavy atom. The number of rotatable bonds is 3. The summed E-state index contributed by atoms with van der Waals surface area (Å²) in [5.41, 5.74) is 1.71. The Kier molecular flexibility index (Phi) is 3.70. The van der Waals surface area contributed by atoms with Gasteiger partial charge in [-0.15, -0.1) is 0 Å². The SMILES string of the molecule is C=C(C)C(=O)/C=C(/C)CC. The number of ketones is 1. The van der Waals surface area contributed by atoms with Crippen LogP contribution in [0.1, 0.15) is 27.2 Å². The molecule has 0 aliphatic heterocycles. The first-order valence-electron chi connectivity index (χ1n) is 3.45. The van der Waals surface area contributed by atoms with Crippen LogP contribution in [-0.4, -0.2) is 5.78 Å². The zero-order valence-electron chi connectivity index (χ0n) is 6.90. The summed E-state index contributed by atoms with van der Waals surface area (Å²) in [6, 6.07) is 0. The van der Waals surface area contributed by atoms with E-state index in [1.165, 1.54) is 0 Å². The van der Waals surface area contributed by atoms with Crippen LogP contribution in [0.25, 0.3) is 0 Å². The molecule has 1 heteroatoms. The van der Waals surface area contributed by atoms with Crippen molar-refractivity contribution >= 4 is 5.78 Å². The number of hydrogen-bond donors (Lipinski definition) is 0. The van der Waals surface area contributed by atoms with Crippen molar-refractivity contribution in [2.24, 2.45) is 0 Å². The van der Waals surface area contributed by atoms with E-state index in [0.29, 0.717) is 5.57 Å². The number of hydrogen-bond acceptors (Lipinski definition) is 1.